The number of amides is 1. The van der Waals surface area contributed by atoms with Crippen molar-refractivity contribution in [3.63, 3.8) is 0 Å². The zero-order valence-corrected chi connectivity index (χ0v) is 15.2. The van der Waals surface area contributed by atoms with Crippen molar-refractivity contribution in [3.8, 4) is 16.3 Å². The van der Waals surface area contributed by atoms with Crippen molar-refractivity contribution in [2.75, 3.05) is 12.4 Å². The van der Waals surface area contributed by atoms with Crippen LogP contribution in [0.15, 0.2) is 41.8 Å². The third-order valence-corrected chi connectivity index (χ3v) is 5.42. The Morgan fingerprint density at radius 1 is 1.25 bits per heavy atom. The number of hydrogen-bond donors (Lipinski definition) is 1. The van der Waals surface area contributed by atoms with E-state index in [-0.39, 0.29) is 5.91 Å². The lowest BCUT2D eigenvalue weighted by molar-refractivity contribution is -0.116. The molecule has 0 saturated carbocycles. The van der Waals surface area contributed by atoms with E-state index in [2.05, 4.69) is 16.4 Å². The molecule has 0 aliphatic carbocycles. The number of carbonyl (C=O) groups excluding carboxylic acids is 1. The Hall–Kier alpha value is -2.18. The zero-order chi connectivity index (χ0) is 16.9. The van der Waals surface area contributed by atoms with Gasteiger partial charge in [0.25, 0.3) is 0 Å². The highest BCUT2D eigenvalue weighted by Gasteiger charge is 2.13. The number of nitrogens with one attached hydrogen (secondary N) is 1. The minimum Gasteiger partial charge on any atom is -0.497 e. The van der Waals surface area contributed by atoms with Gasteiger partial charge in [0.15, 0.2) is 0 Å². The zero-order valence-electron chi connectivity index (χ0n) is 13.5. The maximum absolute atomic E-state index is 12.2. The largest absolute Gasteiger partial charge is 0.497 e. The molecule has 3 aromatic rings. The minimum atomic E-state index is 0.00310. The molecule has 0 spiro atoms. The molecule has 0 aliphatic heterocycles. The number of anilines is 1. The van der Waals surface area contributed by atoms with Gasteiger partial charge < -0.3 is 10.1 Å². The van der Waals surface area contributed by atoms with Gasteiger partial charge in [-0.3, -0.25) is 4.79 Å². The second-order valence-corrected chi connectivity index (χ2v) is 7.49. The van der Waals surface area contributed by atoms with Gasteiger partial charge in [-0.25, -0.2) is 4.98 Å². The quantitative estimate of drug-likeness (QED) is 0.691. The van der Waals surface area contributed by atoms with Gasteiger partial charge in [0.05, 0.1) is 22.7 Å². The summed E-state index contributed by atoms with van der Waals surface area (Å²) in [6.45, 7) is 2.00. The predicted molar refractivity (Wildman–Crippen MR) is 100 cm³/mol. The molecule has 1 N–H and O–H groups in total. The third kappa shape index (κ3) is 4.01. The first-order chi connectivity index (χ1) is 11.7. The van der Waals surface area contributed by atoms with Crippen LogP contribution in [0, 0.1) is 6.92 Å². The van der Waals surface area contributed by atoms with Gasteiger partial charge in [-0.1, -0.05) is 6.07 Å². The van der Waals surface area contributed by atoms with Crippen molar-refractivity contribution in [3.05, 3.63) is 51.7 Å². The molecule has 0 radical (unpaired) electrons. The third-order valence-electron chi connectivity index (χ3n) is 3.51. The van der Waals surface area contributed by atoms with Gasteiger partial charge in [0.2, 0.25) is 5.91 Å². The molecule has 124 valence electrons. The average molecular weight is 358 g/mol. The molecule has 4 nitrogen and oxygen atoms in total. The lowest BCUT2D eigenvalue weighted by Crippen LogP contribution is -2.12. The van der Waals surface area contributed by atoms with Crippen LogP contribution in [0.25, 0.3) is 10.6 Å². The van der Waals surface area contributed by atoms with Crippen molar-refractivity contribution >= 4 is 34.3 Å². The molecule has 24 heavy (non-hydrogen) atoms. The number of thiophene rings is 1. The van der Waals surface area contributed by atoms with E-state index in [9.17, 15) is 4.79 Å². The number of nitrogens with zero attached hydrogens (tertiary/aromatic N) is 1. The van der Waals surface area contributed by atoms with Gasteiger partial charge in [0.1, 0.15) is 5.75 Å². The first kappa shape index (κ1) is 16.7. The Labute approximate surface area is 149 Å². The normalized spacial score (nSPS) is 10.6. The number of ether oxygens (including phenoxy) is 1. The summed E-state index contributed by atoms with van der Waals surface area (Å²) >= 11 is 3.34. The molecule has 6 heteroatoms. The number of benzene rings is 1. The van der Waals surface area contributed by atoms with E-state index in [0.29, 0.717) is 12.8 Å². The van der Waals surface area contributed by atoms with E-state index in [4.69, 9.17) is 4.74 Å². The Balaban J connectivity index is 1.62. The van der Waals surface area contributed by atoms with Crippen LogP contribution in [0.3, 0.4) is 0 Å². The van der Waals surface area contributed by atoms with Crippen LogP contribution in [-0.2, 0) is 11.2 Å². The Kier molecular flexibility index (Phi) is 5.27. The molecule has 0 fully saturated rings. The van der Waals surface area contributed by atoms with Gasteiger partial charge in [0, 0.05) is 17.0 Å². The highest BCUT2D eigenvalue weighted by atomic mass is 32.1. The van der Waals surface area contributed by atoms with Crippen molar-refractivity contribution < 1.29 is 9.53 Å². The fourth-order valence-electron chi connectivity index (χ4n) is 2.37. The summed E-state index contributed by atoms with van der Waals surface area (Å²) in [4.78, 5) is 19.1. The summed E-state index contributed by atoms with van der Waals surface area (Å²) in [5.74, 6) is 0.775. The Bertz CT molecular complexity index is 808. The molecule has 3 rings (SSSR count). The minimum absolute atomic E-state index is 0.00310. The number of carbonyl (C=O) groups is 1. The van der Waals surface area contributed by atoms with Crippen molar-refractivity contribution in [2.45, 2.75) is 19.8 Å². The summed E-state index contributed by atoms with van der Waals surface area (Å²) in [6.07, 6.45) is 1.13. The highest BCUT2D eigenvalue weighted by Crippen LogP contribution is 2.32. The molecule has 0 aliphatic rings. The molecule has 0 atom stereocenters. The first-order valence-corrected chi connectivity index (χ1v) is 9.29. The van der Waals surface area contributed by atoms with Gasteiger partial charge in [-0.15, -0.1) is 22.7 Å². The monoisotopic (exact) mass is 358 g/mol. The number of rotatable bonds is 6. The SMILES string of the molecule is COc1ccc(NC(=O)CCc2sc(C)nc2-c2cccs2)cc1. The lowest BCUT2D eigenvalue weighted by atomic mass is 10.2. The van der Waals surface area contributed by atoms with Crippen molar-refractivity contribution in [1.29, 1.82) is 0 Å². The summed E-state index contributed by atoms with van der Waals surface area (Å²) in [5, 5.41) is 5.99. The second kappa shape index (κ2) is 7.59. The molecule has 0 unspecified atom stereocenters. The summed E-state index contributed by atoms with van der Waals surface area (Å²) < 4.78 is 5.11. The van der Waals surface area contributed by atoms with Crippen LogP contribution in [0.5, 0.6) is 5.75 Å². The molecule has 2 aromatic heterocycles. The van der Waals surface area contributed by atoms with E-state index in [1.54, 1.807) is 29.8 Å². The molecule has 1 amide bonds. The fourth-order valence-corrected chi connectivity index (χ4v) is 4.13. The lowest BCUT2D eigenvalue weighted by Gasteiger charge is -2.06. The average Bonchev–Trinajstić information content (AvgIpc) is 3.23. The molecule has 0 bridgehead atoms. The number of hydrogen-bond acceptors (Lipinski definition) is 5. The molecular formula is C18H18N2O2S2. The number of aryl methyl sites for hydroxylation is 2. The van der Waals surface area contributed by atoms with Crippen molar-refractivity contribution in [1.82, 2.24) is 4.98 Å². The Morgan fingerprint density at radius 3 is 2.71 bits per heavy atom. The Morgan fingerprint density at radius 2 is 2.04 bits per heavy atom. The van der Waals surface area contributed by atoms with Crippen LogP contribution in [-0.4, -0.2) is 18.0 Å². The molecular weight excluding hydrogens is 340 g/mol. The van der Waals surface area contributed by atoms with E-state index < -0.39 is 0 Å². The van der Waals surface area contributed by atoms with Crippen LogP contribution < -0.4 is 10.1 Å². The van der Waals surface area contributed by atoms with Crippen LogP contribution in [0.2, 0.25) is 0 Å². The number of thiazole rings is 1. The van der Waals surface area contributed by atoms with Gasteiger partial charge >= 0.3 is 0 Å². The first-order valence-electron chi connectivity index (χ1n) is 7.60. The number of aromatic nitrogens is 1. The van der Waals surface area contributed by atoms with E-state index in [1.165, 1.54) is 4.88 Å². The molecule has 0 saturated heterocycles. The van der Waals surface area contributed by atoms with Gasteiger partial charge in [-0.2, -0.15) is 0 Å². The summed E-state index contributed by atoms with van der Waals surface area (Å²) in [5.41, 5.74) is 1.80. The molecule has 1 aromatic carbocycles. The maximum atomic E-state index is 12.2. The highest BCUT2D eigenvalue weighted by molar-refractivity contribution is 7.15. The maximum Gasteiger partial charge on any atom is 0.224 e. The van der Waals surface area contributed by atoms with E-state index >= 15 is 0 Å². The van der Waals surface area contributed by atoms with Crippen LogP contribution in [0.1, 0.15) is 16.3 Å². The predicted octanol–water partition coefficient (Wildman–Crippen LogP) is 4.76. The van der Waals surface area contributed by atoms with E-state index in [1.807, 2.05) is 42.6 Å². The van der Waals surface area contributed by atoms with Gasteiger partial charge in [-0.05, 0) is 49.1 Å². The topological polar surface area (TPSA) is 51.2 Å². The van der Waals surface area contributed by atoms with Crippen LogP contribution >= 0.6 is 22.7 Å². The van der Waals surface area contributed by atoms with E-state index in [0.717, 1.165) is 27.0 Å². The second-order valence-electron chi connectivity index (χ2n) is 5.26. The smallest absolute Gasteiger partial charge is 0.224 e. The van der Waals surface area contributed by atoms with Crippen molar-refractivity contribution in [2.24, 2.45) is 0 Å². The summed E-state index contributed by atoms with van der Waals surface area (Å²) in [6, 6.07) is 11.4. The number of methoxy groups -OCH3 is 1. The summed E-state index contributed by atoms with van der Waals surface area (Å²) in [7, 11) is 1.62. The molecule has 2 heterocycles. The fraction of sp³-hybridized carbons (Fsp3) is 0.222. The standard InChI is InChI=1S/C18H18N2O2S2/c1-12-19-18(15-4-3-11-23-15)16(24-12)9-10-17(21)20-13-5-7-14(22-2)8-6-13/h3-8,11H,9-10H2,1-2H3,(H,20,21). The van der Waals surface area contributed by atoms with Crippen LogP contribution in [0.4, 0.5) is 5.69 Å².